The van der Waals surface area contributed by atoms with Crippen molar-refractivity contribution in [2.75, 3.05) is 0 Å². The zero-order valence-electron chi connectivity index (χ0n) is 8.53. The largest absolute Gasteiger partial charge is 0.334 e. The molecule has 1 saturated carbocycles. The molecule has 2 heteroatoms. The maximum atomic E-state index is 4.39. The lowest BCUT2D eigenvalue weighted by atomic mass is 9.85. The highest BCUT2D eigenvalue weighted by molar-refractivity contribution is 4.98. The smallest absolute Gasteiger partial charge is 0.111 e. The van der Waals surface area contributed by atoms with Crippen molar-refractivity contribution in [3.05, 3.63) is 18.2 Å². The Morgan fingerprint density at radius 2 is 2.31 bits per heavy atom. The molecule has 0 amide bonds. The molecule has 1 heterocycles. The molecule has 1 aromatic rings. The molecular weight excluding hydrogens is 160 g/mol. The molecule has 0 aromatic carbocycles. The predicted octanol–water partition coefficient (Wildman–Crippen LogP) is 2.81. The van der Waals surface area contributed by atoms with Crippen molar-refractivity contribution in [3.63, 3.8) is 0 Å². The summed E-state index contributed by atoms with van der Waals surface area (Å²) >= 11 is 0. The highest BCUT2D eigenvalue weighted by Crippen LogP contribution is 2.28. The van der Waals surface area contributed by atoms with E-state index in [2.05, 4.69) is 29.6 Å². The van der Waals surface area contributed by atoms with Crippen molar-refractivity contribution in [1.29, 1.82) is 0 Å². The van der Waals surface area contributed by atoms with Crippen LogP contribution in [0.3, 0.4) is 0 Å². The van der Waals surface area contributed by atoms with Gasteiger partial charge in [0.15, 0.2) is 0 Å². The Kier molecular flexibility index (Phi) is 2.38. The van der Waals surface area contributed by atoms with Gasteiger partial charge in [0.2, 0.25) is 0 Å². The zero-order chi connectivity index (χ0) is 9.26. The topological polar surface area (TPSA) is 17.8 Å². The van der Waals surface area contributed by atoms with Crippen LogP contribution in [0.15, 0.2) is 12.4 Å². The zero-order valence-corrected chi connectivity index (χ0v) is 8.53. The fourth-order valence-corrected chi connectivity index (χ4v) is 1.93. The van der Waals surface area contributed by atoms with Gasteiger partial charge in [0.25, 0.3) is 0 Å². The second kappa shape index (κ2) is 3.52. The molecular formula is C11H18N2. The van der Waals surface area contributed by atoms with Gasteiger partial charge in [-0.05, 0) is 18.8 Å². The minimum Gasteiger partial charge on any atom is -0.334 e. The third-order valence-corrected chi connectivity index (χ3v) is 2.94. The molecule has 0 aliphatic heterocycles. The summed E-state index contributed by atoms with van der Waals surface area (Å²) in [7, 11) is 0. The molecule has 0 N–H and O–H groups in total. The second-order valence-electron chi connectivity index (χ2n) is 4.39. The number of nitrogens with zero attached hydrogens (tertiary/aromatic N) is 2. The van der Waals surface area contributed by atoms with Crippen LogP contribution < -0.4 is 0 Å². The standard InChI is InChI=1S/C11H18N2/c1-9(2)11-12-6-7-13(11)8-10-4-3-5-10/h6-7,9-10H,3-5,8H2,1-2H3. The molecule has 1 fully saturated rings. The van der Waals surface area contributed by atoms with Crippen LogP contribution in [0.2, 0.25) is 0 Å². The number of hydrogen-bond acceptors (Lipinski definition) is 1. The number of hydrogen-bond donors (Lipinski definition) is 0. The van der Waals surface area contributed by atoms with E-state index >= 15 is 0 Å². The summed E-state index contributed by atoms with van der Waals surface area (Å²) in [5.41, 5.74) is 0. The van der Waals surface area contributed by atoms with Crippen LogP contribution in [-0.4, -0.2) is 9.55 Å². The van der Waals surface area contributed by atoms with Gasteiger partial charge < -0.3 is 4.57 Å². The van der Waals surface area contributed by atoms with Gasteiger partial charge in [-0.3, -0.25) is 0 Å². The molecule has 0 saturated heterocycles. The van der Waals surface area contributed by atoms with Crippen molar-refractivity contribution in [3.8, 4) is 0 Å². The molecule has 0 radical (unpaired) electrons. The molecule has 1 aliphatic carbocycles. The van der Waals surface area contributed by atoms with Gasteiger partial charge in [0.05, 0.1) is 0 Å². The third kappa shape index (κ3) is 1.77. The summed E-state index contributed by atoms with van der Waals surface area (Å²) in [6.45, 7) is 5.60. The summed E-state index contributed by atoms with van der Waals surface area (Å²) in [6.07, 6.45) is 8.30. The Morgan fingerprint density at radius 3 is 2.85 bits per heavy atom. The van der Waals surface area contributed by atoms with E-state index in [1.165, 1.54) is 31.6 Å². The summed E-state index contributed by atoms with van der Waals surface area (Å²) < 4.78 is 2.33. The number of rotatable bonds is 3. The first kappa shape index (κ1) is 8.79. The lowest BCUT2D eigenvalue weighted by molar-refractivity contribution is 0.273. The Hall–Kier alpha value is -0.790. The second-order valence-corrected chi connectivity index (χ2v) is 4.39. The highest BCUT2D eigenvalue weighted by Gasteiger charge is 2.19. The quantitative estimate of drug-likeness (QED) is 0.696. The van der Waals surface area contributed by atoms with Crippen LogP contribution in [0.5, 0.6) is 0 Å². The fourth-order valence-electron chi connectivity index (χ4n) is 1.93. The molecule has 1 aliphatic rings. The SMILES string of the molecule is CC(C)c1nccn1CC1CCC1. The van der Waals surface area contributed by atoms with Crippen LogP contribution >= 0.6 is 0 Å². The Labute approximate surface area is 80.0 Å². The first-order valence-corrected chi connectivity index (χ1v) is 5.28. The Balaban J connectivity index is 2.05. The number of aromatic nitrogens is 2. The molecule has 72 valence electrons. The fraction of sp³-hybridized carbons (Fsp3) is 0.727. The van der Waals surface area contributed by atoms with Crippen LogP contribution in [0, 0.1) is 5.92 Å². The molecule has 13 heavy (non-hydrogen) atoms. The van der Waals surface area contributed by atoms with Gasteiger partial charge in [-0.1, -0.05) is 20.3 Å². The minimum absolute atomic E-state index is 0.551. The molecule has 0 atom stereocenters. The van der Waals surface area contributed by atoms with E-state index in [-0.39, 0.29) is 0 Å². The normalized spacial score (nSPS) is 17.8. The molecule has 2 nitrogen and oxygen atoms in total. The molecule has 2 rings (SSSR count). The van der Waals surface area contributed by atoms with Crippen molar-refractivity contribution < 1.29 is 0 Å². The Bertz CT molecular complexity index is 271. The van der Waals surface area contributed by atoms with Gasteiger partial charge >= 0.3 is 0 Å². The average molecular weight is 178 g/mol. The van der Waals surface area contributed by atoms with Crippen molar-refractivity contribution >= 4 is 0 Å². The van der Waals surface area contributed by atoms with Gasteiger partial charge in [-0.25, -0.2) is 4.98 Å². The van der Waals surface area contributed by atoms with E-state index in [9.17, 15) is 0 Å². The van der Waals surface area contributed by atoms with E-state index in [1.807, 2.05) is 6.20 Å². The van der Waals surface area contributed by atoms with Crippen LogP contribution in [0.25, 0.3) is 0 Å². The van der Waals surface area contributed by atoms with Crippen molar-refractivity contribution in [1.82, 2.24) is 9.55 Å². The van der Waals surface area contributed by atoms with E-state index in [0.29, 0.717) is 5.92 Å². The number of imidazole rings is 1. The van der Waals surface area contributed by atoms with Crippen LogP contribution in [-0.2, 0) is 6.54 Å². The average Bonchev–Trinajstić information content (AvgIpc) is 2.44. The van der Waals surface area contributed by atoms with E-state index in [0.717, 1.165) is 5.92 Å². The van der Waals surface area contributed by atoms with E-state index < -0.39 is 0 Å². The molecule has 0 bridgehead atoms. The van der Waals surface area contributed by atoms with Gasteiger partial charge in [-0.2, -0.15) is 0 Å². The minimum atomic E-state index is 0.551. The third-order valence-electron chi connectivity index (χ3n) is 2.94. The summed E-state index contributed by atoms with van der Waals surface area (Å²) in [5, 5.41) is 0. The first-order valence-electron chi connectivity index (χ1n) is 5.28. The predicted molar refractivity (Wildman–Crippen MR) is 53.7 cm³/mol. The van der Waals surface area contributed by atoms with E-state index in [4.69, 9.17) is 0 Å². The lowest BCUT2D eigenvalue weighted by Crippen LogP contribution is -2.19. The van der Waals surface area contributed by atoms with Crippen molar-refractivity contribution in [2.24, 2.45) is 5.92 Å². The monoisotopic (exact) mass is 178 g/mol. The van der Waals surface area contributed by atoms with Gasteiger partial charge in [0, 0.05) is 24.9 Å². The summed E-state index contributed by atoms with van der Waals surface area (Å²) in [6, 6.07) is 0. The lowest BCUT2D eigenvalue weighted by Gasteiger charge is -2.26. The van der Waals surface area contributed by atoms with E-state index in [1.54, 1.807) is 0 Å². The molecule has 1 aromatic heterocycles. The van der Waals surface area contributed by atoms with Gasteiger partial charge in [-0.15, -0.1) is 0 Å². The van der Waals surface area contributed by atoms with Crippen LogP contribution in [0.4, 0.5) is 0 Å². The summed E-state index contributed by atoms with van der Waals surface area (Å²) in [5.74, 6) is 2.72. The van der Waals surface area contributed by atoms with Crippen LogP contribution in [0.1, 0.15) is 44.9 Å². The maximum absolute atomic E-state index is 4.39. The Morgan fingerprint density at radius 1 is 1.54 bits per heavy atom. The summed E-state index contributed by atoms with van der Waals surface area (Å²) in [4.78, 5) is 4.39. The molecule has 0 spiro atoms. The first-order chi connectivity index (χ1) is 6.27. The van der Waals surface area contributed by atoms with Crippen molar-refractivity contribution in [2.45, 2.75) is 45.6 Å². The maximum Gasteiger partial charge on any atom is 0.111 e. The highest BCUT2D eigenvalue weighted by atomic mass is 15.1. The molecule has 0 unspecified atom stereocenters. The van der Waals surface area contributed by atoms with Gasteiger partial charge in [0.1, 0.15) is 5.82 Å².